The van der Waals surface area contributed by atoms with Crippen molar-refractivity contribution in [2.75, 3.05) is 39.3 Å². The van der Waals surface area contributed by atoms with E-state index in [1.165, 1.54) is 4.90 Å². The van der Waals surface area contributed by atoms with Crippen molar-refractivity contribution >= 4 is 40.9 Å². The van der Waals surface area contributed by atoms with E-state index < -0.39 is 35.1 Å². The van der Waals surface area contributed by atoms with Crippen molar-refractivity contribution in [1.82, 2.24) is 20.0 Å². The zero-order valence-corrected chi connectivity index (χ0v) is 31.3. The lowest BCUT2D eigenvalue weighted by Crippen LogP contribution is -2.41. The monoisotopic (exact) mass is 696 g/mol. The molecular weight excluding hydrogens is 640 g/mol. The molecule has 0 fully saturated rings. The lowest BCUT2D eigenvalue weighted by atomic mass is 9.94. The number of carbonyl (C=O) groups excluding carboxylic acids is 5. The molecule has 0 spiro atoms. The molecule has 2 aromatic rings. The van der Waals surface area contributed by atoms with Gasteiger partial charge in [-0.2, -0.15) is 0 Å². The summed E-state index contributed by atoms with van der Waals surface area (Å²) in [4.78, 5) is 69.3. The molecule has 1 aliphatic heterocycles. The van der Waals surface area contributed by atoms with Crippen molar-refractivity contribution in [3.8, 4) is 0 Å². The highest BCUT2D eigenvalue weighted by atomic mass is 16.6. The number of benzene rings is 2. The maximum Gasteiger partial charge on any atom is 0.410 e. The van der Waals surface area contributed by atoms with Crippen LogP contribution in [0.5, 0.6) is 0 Å². The Morgan fingerprint density at radius 3 is 1.48 bits per heavy atom. The number of hydrogen-bond acceptors (Lipinski definition) is 8. The molecule has 2 aromatic carbocycles. The van der Waals surface area contributed by atoms with Gasteiger partial charge in [-0.05, 0) is 112 Å². The van der Waals surface area contributed by atoms with Crippen molar-refractivity contribution in [3.63, 3.8) is 0 Å². The predicted octanol–water partition coefficient (Wildman–Crippen LogP) is 7.39. The third-order valence-corrected chi connectivity index (χ3v) is 7.60. The van der Waals surface area contributed by atoms with Crippen molar-refractivity contribution in [3.05, 3.63) is 47.5 Å². The summed E-state index contributed by atoms with van der Waals surface area (Å²) >= 11 is 0. The Labute approximate surface area is 296 Å². The fraction of sp³-hybridized carbons (Fsp3) is 0.605. The molecule has 0 aliphatic carbocycles. The van der Waals surface area contributed by atoms with E-state index in [9.17, 15) is 24.0 Å². The van der Waals surface area contributed by atoms with E-state index in [-0.39, 0.29) is 18.4 Å². The Morgan fingerprint density at radius 2 is 1.04 bits per heavy atom. The normalized spacial score (nSPS) is 13.3. The number of hydrogen-bond donors (Lipinski definition) is 1. The Bertz CT molecular complexity index is 1470. The number of nitrogens with zero attached hydrogens (tertiary/aromatic N) is 3. The first-order chi connectivity index (χ1) is 23.3. The average Bonchev–Trinajstić information content (AvgIpc) is 2.98. The Morgan fingerprint density at radius 1 is 0.620 bits per heavy atom. The second kappa shape index (κ2) is 17.0. The first-order valence-corrected chi connectivity index (χ1v) is 17.6. The van der Waals surface area contributed by atoms with Gasteiger partial charge in [-0.3, -0.25) is 14.5 Å². The summed E-state index contributed by atoms with van der Waals surface area (Å²) in [5.41, 5.74) is -0.913. The molecule has 1 aliphatic rings. The smallest absolute Gasteiger partial charge is 0.410 e. The van der Waals surface area contributed by atoms with Crippen LogP contribution in [0.25, 0.3) is 10.8 Å². The van der Waals surface area contributed by atoms with Crippen LogP contribution < -0.4 is 5.32 Å². The lowest BCUT2D eigenvalue weighted by Gasteiger charge is -2.29. The van der Waals surface area contributed by atoms with E-state index >= 15 is 0 Å². The first-order valence-electron chi connectivity index (χ1n) is 17.6. The van der Waals surface area contributed by atoms with E-state index in [1.807, 2.05) is 65.8 Å². The Kier molecular flexibility index (Phi) is 13.7. The summed E-state index contributed by atoms with van der Waals surface area (Å²) in [6, 6.07) is 10.9. The molecule has 12 nitrogen and oxygen atoms in total. The van der Waals surface area contributed by atoms with E-state index in [4.69, 9.17) is 14.2 Å². The second-order valence-corrected chi connectivity index (χ2v) is 15.6. The molecule has 3 rings (SSSR count). The van der Waals surface area contributed by atoms with Gasteiger partial charge in [-0.15, -0.1) is 0 Å². The van der Waals surface area contributed by atoms with Crippen LogP contribution in [-0.2, 0) is 14.2 Å². The molecule has 0 bridgehead atoms. The minimum atomic E-state index is -0.683. The molecular formula is C38H56N4O8. The highest BCUT2D eigenvalue weighted by molar-refractivity contribution is 6.25. The number of ether oxygens (including phenoxy) is 3. The van der Waals surface area contributed by atoms with Gasteiger partial charge in [0, 0.05) is 55.8 Å². The maximum absolute atomic E-state index is 13.3. The molecule has 276 valence electrons. The lowest BCUT2D eigenvalue weighted by molar-refractivity contribution is 0.0206. The summed E-state index contributed by atoms with van der Waals surface area (Å²) < 4.78 is 16.6. The number of carbonyl (C=O) groups is 5. The zero-order chi connectivity index (χ0) is 37.3. The molecule has 12 heteroatoms. The van der Waals surface area contributed by atoms with Crippen LogP contribution in [0.4, 0.5) is 14.4 Å². The number of alkyl carbamates (subject to hydrolysis) is 1. The number of unbranched alkanes of at least 4 members (excludes halogenated alkanes) is 2. The van der Waals surface area contributed by atoms with Crippen LogP contribution in [-0.4, -0.2) is 101 Å². The van der Waals surface area contributed by atoms with Gasteiger partial charge < -0.3 is 29.3 Å². The van der Waals surface area contributed by atoms with Crippen molar-refractivity contribution in [1.29, 1.82) is 0 Å². The molecule has 0 aromatic heterocycles. The van der Waals surface area contributed by atoms with Gasteiger partial charge in [-0.25, -0.2) is 14.4 Å². The van der Waals surface area contributed by atoms with E-state index in [2.05, 4.69) is 5.32 Å². The van der Waals surface area contributed by atoms with Gasteiger partial charge in [0.2, 0.25) is 0 Å². The van der Waals surface area contributed by atoms with Crippen LogP contribution in [0, 0.1) is 0 Å². The summed E-state index contributed by atoms with van der Waals surface area (Å²) in [6.07, 6.45) is 1.36. The Hall–Kier alpha value is -4.35. The highest BCUT2D eigenvalue weighted by Gasteiger charge is 2.32. The third-order valence-electron chi connectivity index (χ3n) is 7.60. The summed E-state index contributed by atoms with van der Waals surface area (Å²) in [6.45, 7) is 18.3. The topological polar surface area (TPSA) is 135 Å². The molecule has 0 saturated carbocycles. The molecule has 0 radical (unpaired) electrons. The average molecular weight is 697 g/mol. The number of rotatable bonds is 14. The van der Waals surface area contributed by atoms with E-state index in [1.54, 1.807) is 42.7 Å². The minimum absolute atomic E-state index is 0.234. The maximum atomic E-state index is 13.3. The molecule has 0 saturated heterocycles. The number of imide groups is 1. The van der Waals surface area contributed by atoms with Crippen LogP contribution in [0.1, 0.15) is 115 Å². The van der Waals surface area contributed by atoms with Crippen LogP contribution in [0.15, 0.2) is 36.4 Å². The van der Waals surface area contributed by atoms with Crippen molar-refractivity contribution in [2.45, 2.75) is 111 Å². The summed E-state index contributed by atoms with van der Waals surface area (Å²) in [5, 5.41) is 4.27. The molecule has 1 N–H and O–H groups in total. The van der Waals surface area contributed by atoms with Crippen LogP contribution >= 0.6 is 0 Å². The first kappa shape index (κ1) is 40.1. The highest BCUT2D eigenvalue weighted by Crippen LogP contribution is 2.30. The van der Waals surface area contributed by atoms with E-state index in [0.29, 0.717) is 81.3 Å². The molecule has 1 heterocycles. The number of amides is 5. The SMILES string of the molecule is CC(C)(C)OC(=O)NCCCN(CCCCN(CCCCN1C(=O)c2cccc3cccc(c23)C1=O)C(=O)OC(C)(C)C)C(=O)OC(C)(C)C. The van der Waals surface area contributed by atoms with Gasteiger partial charge >= 0.3 is 18.3 Å². The summed E-state index contributed by atoms with van der Waals surface area (Å²) in [5.74, 6) is -0.614. The summed E-state index contributed by atoms with van der Waals surface area (Å²) in [7, 11) is 0. The van der Waals surface area contributed by atoms with Gasteiger partial charge in [0.15, 0.2) is 0 Å². The molecule has 50 heavy (non-hydrogen) atoms. The molecule has 0 unspecified atom stereocenters. The van der Waals surface area contributed by atoms with Gasteiger partial charge in [0.25, 0.3) is 11.8 Å². The Balaban J connectivity index is 1.55. The standard InChI is InChI=1S/C38H56N4O8/c1-36(2,3)48-33(45)39-21-16-25-41(35(47)50-38(7,8)9)23-11-10-22-40(34(46)49-37(4,5)6)24-12-13-26-42-31(43)28-19-14-17-27-18-15-20-29(30(27)28)32(42)44/h14-15,17-20H,10-13,16,21-26H2,1-9H3,(H,39,45). The fourth-order valence-corrected chi connectivity index (χ4v) is 5.48. The van der Waals surface area contributed by atoms with Gasteiger partial charge in [0.1, 0.15) is 16.8 Å². The van der Waals surface area contributed by atoms with Crippen molar-refractivity contribution in [2.24, 2.45) is 0 Å². The van der Waals surface area contributed by atoms with Gasteiger partial charge in [-0.1, -0.05) is 24.3 Å². The largest absolute Gasteiger partial charge is 0.444 e. The van der Waals surface area contributed by atoms with Crippen LogP contribution in [0.3, 0.4) is 0 Å². The predicted molar refractivity (Wildman–Crippen MR) is 192 cm³/mol. The van der Waals surface area contributed by atoms with Crippen LogP contribution in [0.2, 0.25) is 0 Å². The second-order valence-electron chi connectivity index (χ2n) is 15.6. The van der Waals surface area contributed by atoms with Crippen molar-refractivity contribution < 1.29 is 38.2 Å². The van der Waals surface area contributed by atoms with E-state index in [0.717, 1.165) is 5.39 Å². The molecule has 5 amide bonds. The quantitative estimate of drug-likeness (QED) is 0.123. The van der Waals surface area contributed by atoms with Gasteiger partial charge in [0.05, 0.1) is 0 Å². The zero-order valence-electron chi connectivity index (χ0n) is 31.3. The molecule has 0 atom stereocenters. The fourth-order valence-electron chi connectivity index (χ4n) is 5.48. The number of nitrogens with one attached hydrogen (secondary N) is 1. The third kappa shape index (κ3) is 12.5. The minimum Gasteiger partial charge on any atom is -0.444 e.